The zero-order valence-corrected chi connectivity index (χ0v) is 11.1. The summed E-state index contributed by atoms with van der Waals surface area (Å²) >= 11 is 7.51. The second-order valence-corrected chi connectivity index (χ2v) is 6.64. The average Bonchev–Trinajstić information content (AvgIpc) is 2.83. The summed E-state index contributed by atoms with van der Waals surface area (Å²) in [7, 11) is 0. The van der Waals surface area contributed by atoms with Gasteiger partial charge in [-0.05, 0) is 25.0 Å². The van der Waals surface area contributed by atoms with Crippen molar-refractivity contribution in [2.75, 3.05) is 6.61 Å². The first kappa shape index (κ1) is 12.4. The van der Waals surface area contributed by atoms with E-state index in [1.54, 1.807) is 11.3 Å². The highest BCUT2D eigenvalue weighted by Crippen LogP contribution is 2.37. The summed E-state index contributed by atoms with van der Waals surface area (Å²) in [6.07, 6.45) is 3.49. The molecule has 1 heterocycles. The van der Waals surface area contributed by atoms with Crippen LogP contribution in [0.15, 0.2) is 12.1 Å². The third-order valence-electron chi connectivity index (χ3n) is 3.59. The van der Waals surface area contributed by atoms with E-state index in [4.69, 9.17) is 11.6 Å². The minimum atomic E-state index is 0.0566. The van der Waals surface area contributed by atoms with Crippen LogP contribution in [-0.4, -0.2) is 17.8 Å². The smallest absolute Gasteiger partial charge is 0.0931 e. The van der Waals surface area contributed by atoms with Crippen molar-refractivity contribution >= 4 is 22.9 Å². The highest BCUT2D eigenvalue weighted by atomic mass is 35.5. The Morgan fingerprint density at radius 3 is 3.06 bits per heavy atom. The maximum Gasteiger partial charge on any atom is 0.0931 e. The number of aliphatic hydroxyl groups excluding tert-OH is 1. The van der Waals surface area contributed by atoms with Gasteiger partial charge in [-0.25, -0.2) is 0 Å². The molecule has 0 radical (unpaired) electrons. The fourth-order valence-electron chi connectivity index (χ4n) is 2.44. The van der Waals surface area contributed by atoms with Crippen molar-refractivity contribution in [3.8, 4) is 0 Å². The first-order valence-corrected chi connectivity index (χ1v) is 6.92. The van der Waals surface area contributed by atoms with Crippen molar-refractivity contribution in [1.29, 1.82) is 0 Å². The molecule has 1 aliphatic carbocycles. The number of thiophene rings is 1. The second kappa shape index (κ2) is 5.05. The van der Waals surface area contributed by atoms with Gasteiger partial charge >= 0.3 is 0 Å². The molecule has 2 N–H and O–H groups in total. The zero-order chi connectivity index (χ0) is 11.6. The van der Waals surface area contributed by atoms with Crippen molar-refractivity contribution in [3.63, 3.8) is 0 Å². The van der Waals surface area contributed by atoms with Crippen molar-refractivity contribution in [2.45, 2.75) is 38.8 Å². The predicted molar refractivity (Wildman–Crippen MR) is 69.0 cm³/mol. The van der Waals surface area contributed by atoms with Gasteiger partial charge in [0.05, 0.1) is 4.34 Å². The Balaban J connectivity index is 1.90. The van der Waals surface area contributed by atoms with E-state index < -0.39 is 0 Å². The van der Waals surface area contributed by atoms with Crippen molar-refractivity contribution in [1.82, 2.24) is 5.32 Å². The van der Waals surface area contributed by atoms with Crippen LogP contribution in [0.2, 0.25) is 4.34 Å². The molecule has 1 aromatic rings. The number of hydrogen-bond acceptors (Lipinski definition) is 3. The van der Waals surface area contributed by atoms with E-state index >= 15 is 0 Å². The quantitative estimate of drug-likeness (QED) is 0.871. The molecule has 4 heteroatoms. The second-order valence-electron chi connectivity index (χ2n) is 4.84. The highest BCUT2D eigenvalue weighted by molar-refractivity contribution is 7.16. The first-order chi connectivity index (χ1) is 7.64. The van der Waals surface area contributed by atoms with E-state index in [-0.39, 0.29) is 12.0 Å². The third kappa shape index (κ3) is 2.59. The standard InChI is InChI=1S/C12H18ClNOS/c1-12(8-15)6-2-3-10(12)14-7-9-4-5-11(13)16-9/h4-5,10,14-15H,2-3,6-8H2,1H3. The minimum Gasteiger partial charge on any atom is -0.396 e. The highest BCUT2D eigenvalue weighted by Gasteiger charge is 2.37. The SMILES string of the molecule is CC1(CO)CCCC1NCc1ccc(Cl)s1. The number of halogens is 1. The van der Waals surface area contributed by atoms with Gasteiger partial charge < -0.3 is 10.4 Å². The number of aliphatic hydroxyl groups is 1. The van der Waals surface area contributed by atoms with Gasteiger partial charge in [-0.3, -0.25) is 0 Å². The fraction of sp³-hybridized carbons (Fsp3) is 0.667. The van der Waals surface area contributed by atoms with E-state index in [2.05, 4.69) is 18.3 Å². The topological polar surface area (TPSA) is 32.3 Å². The molecule has 0 spiro atoms. The van der Waals surface area contributed by atoms with E-state index in [0.29, 0.717) is 6.04 Å². The van der Waals surface area contributed by atoms with E-state index in [0.717, 1.165) is 23.7 Å². The lowest BCUT2D eigenvalue weighted by molar-refractivity contribution is 0.118. The van der Waals surface area contributed by atoms with Gasteiger partial charge in [-0.1, -0.05) is 24.9 Å². The summed E-state index contributed by atoms with van der Waals surface area (Å²) < 4.78 is 0.841. The molecule has 0 aliphatic heterocycles. The molecule has 0 saturated heterocycles. The molecule has 16 heavy (non-hydrogen) atoms. The van der Waals surface area contributed by atoms with Crippen molar-refractivity contribution in [2.24, 2.45) is 5.41 Å². The number of rotatable bonds is 4. The average molecular weight is 260 g/mol. The van der Waals surface area contributed by atoms with Gasteiger partial charge in [0.2, 0.25) is 0 Å². The van der Waals surface area contributed by atoms with Crippen LogP contribution in [0.25, 0.3) is 0 Å². The molecule has 2 atom stereocenters. The van der Waals surface area contributed by atoms with Crippen LogP contribution in [-0.2, 0) is 6.54 Å². The van der Waals surface area contributed by atoms with Gasteiger partial charge in [0.1, 0.15) is 0 Å². The Morgan fingerprint density at radius 2 is 2.44 bits per heavy atom. The summed E-state index contributed by atoms with van der Waals surface area (Å²) in [6.45, 7) is 3.30. The van der Waals surface area contributed by atoms with Crippen LogP contribution in [0.5, 0.6) is 0 Å². The largest absolute Gasteiger partial charge is 0.396 e. The number of nitrogens with one attached hydrogen (secondary N) is 1. The van der Waals surface area contributed by atoms with Crippen LogP contribution >= 0.6 is 22.9 Å². The molecular weight excluding hydrogens is 242 g/mol. The van der Waals surface area contributed by atoms with Crippen LogP contribution in [0, 0.1) is 5.41 Å². The Labute approximate surface area is 106 Å². The third-order valence-corrected chi connectivity index (χ3v) is 4.83. The maximum atomic E-state index is 9.44. The van der Waals surface area contributed by atoms with E-state index in [9.17, 15) is 5.11 Å². The summed E-state index contributed by atoms with van der Waals surface area (Å²) in [5, 5.41) is 13.0. The van der Waals surface area contributed by atoms with Gasteiger partial charge in [0.15, 0.2) is 0 Å². The molecule has 2 unspecified atom stereocenters. The lowest BCUT2D eigenvalue weighted by atomic mass is 9.86. The predicted octanol–water partition coefficient (Wildman–Crippen LogP) is 3.04. The first-order valence-electron chi connectivity index (χ1n) is 5.72. The van der Waals surface area contributed by atoms with Gasteiger partial charge in [-0.15, -0.1) is 11.3 Å². The molecule has 2 nitrogen and oxygen atoms in total. The minimum absolute atomic E-state index is 0.0566. The van der Waals surface area contributed by atoms with Gasteiger partial charge in [-0.2, -0.15) is 0 Å². The molecule has 2 rings (SSSR count). The van der Waals surface area contributed by atoms with Crippen LogP contribution in [0.4, 0.5) is 0 Å². The molecule has 1 saturated carbocycles. The number of hydrogen-bond donors (Lipinski definition) is 2. The Hall–Kier alpha value is -0.0900. The lowest BCUT2D eigenvalue weighted by Crippen LogP contribution is -2.41. The lowest BCUT2D eigenvalue weighted by Gasteiger charge is -2.30. The van der Waals surface area contributed by atoms with Crippen molar-refractivity contribution < 1.29 is 5.11 Å². The monoisotopic (exact) mass is 259 g/mol. The van der Waals surface area contributed by atoms with Gasteiger partial charge in [0.25, 0.3) is 0 Å². The fourth-order valence-corrected chi connectivity index (χ4v) is 3.48. The molecule has 90 valence electrons. The molecule has 0 bridgehead atoms. The van der Waals surface area contributed by atoms with Gasteiger partial charge in [0, 0.05) is 29.5 Å². The Morgan fingerprint density at radius 1 is 1.62 bits per heavy atom. The summed E-state index contributed by atoms with van der Waals surface area (Å²) in [5.41, 5.74) is 0.0566. The zero-order valence-electron chi connectivity index (χ0n) is 9.50. The molecule has 1 fully saturated rings. The molecule has 0 amide bonds. The van der Waals surface area contributed by atoms with E-state index in [1.807, 2.05) is 6.07 Å². The van der Waals surface area contributed by atoms with E-state index in [1.165, 1.54) is 11.3 Å². The summed E-state index contributed by atoms with van der Waals surface area (Å²) in [4.78, 5) is 1.26. The van der Waals surface area contributed by atoms with Crippen LogP contribution in [0.3, 0.4) is 0 Å². The molecule has 1 aliphatic rings. The molecule has 1 aromatic heterocycles. The maximum absolute atomic E-state index is 9.44. The summed E-state index contributed by atoms with van der Waals surface area (Å²) in [6, 6.07) is 4.42. The van der Waals surface area contributed by atoms with Crippen LogP contribution < -0.4 is 5.32 Å². The Kier molecular flexibility index (Phi) is 3.90. The molecular formula is C12H18ClNOS. The van der Waals surface area contributed by atoms with Crippen LogP contribution in [0.1, 0.15) is 31.1 Å². The summed E-state index contributed by atoms with van der Waals surface area (Å²) in [5.74, 6) is 0. The van der Waals surface area contributed by atoms with Crippen molar-refractivity contribution in [3.05, 3.63) is 21.3 Å². The Bertz CT molecular complexity index is 355. The normalized spacial score (nSPS) is 29.8. The molecule has 0 aromatic carbocycles.